The molecule has 0 aliphatic heterocycles. The molecule has 0 saturated heterocycles. The van der Waals surface area contributed by atoms with Gasteiger partial charge in [-0.1, -0.05) is 12.8 Å². The van der Waals surface area contributed by atoms with Crippen LogP contribution in [0.15, 0.2) is 10.9 Å². The molecule has 2 aromatic heterocycles. The minimum atomic E-state index is -1.80. The van der Waals surface area contributed by atoms with Crippen molar-refractivity contribution in [1.82, 2.24) is 14.5 Å². The highest BCUT2D eigenvalue weighted by Crippen LogP contribution is 2.30. The molecule has 0 radical (unpaired) electrons. The monoisotopic (exact) mass is 302 g/mol. The molecule has 1 saturated carbocycles. The van der Waals surface area contributed by atoms with Gasteiger partial charge in [-0.2, -0.15) is 4.98 Å². The first kappa shape index (κ1) is 15.0. The van der Waals surface area contributed by atoms with Crippen molar-refractivity contribution in [2.45, 2.75) is 38.6 Å². The minimum Gasteiger partial charge on any atom is -0.423 e. The number of anilines is 1. The van der Waals surface area contributed by atoms with Crippen LogP contribution in [-0.4, -0.2) is 38.7 Å². The van der Waals surface area contributed by atoms with Crippen LogP contribution >= 0.6 is 0 Å². The van der Waals surface area contributed by atoms with E-state index >= 15 is 0 Å². The first-order chi connectivity index (χ1) is 10.5. The fraction of sp³-hybridized carbons (Fsp3) is 0.500. The molecule has 1 aliphatic rings. The Bertz CT molecular complexity index is 769. The molecule has 0 bridgehead atoms. The van der Waals surface area contributed by atoms with Crippen molar-refractivity contribution in [3.8, 4) is 0 Å². The second-order valence-corrected chi connectivity index (χ2v) is 5.71. The van der Waals surface area contributed by atoms with Gasteiger partial charge in [-0.25, -0.2) is 4.98 Å². The summed E-state index contributed by atoms with van der Waals surface area (Å²) in [6.45, 7) is 1.82. The van der Waals surface area contributed by atoms with Crippen LogP contribution in [0, 0.1) is 6.92 Å². The maximum Gasteiger partial charge on any atom is 0.494 e. The van der Waals surface area contributed by atoms with Crippen LogP contribution in [0.3, 0.4) is 0 Å². The third-order valence-corrected chi connectivity index (χ3v) is 4.30. The Hall–Kier alpha value is -1.93. The van der Waals surface area contributed by atoms with Gasteiger partial charge in [0.2, 0.25) is 5.95 Å². The highest BCUT2D eigenvalue weighted by Gasteiger charge is 2.26. The summed E-state index contributed by atoms with van der Waals surface area (Å²) in [7, 11) is -0.0716. The highest BCUT2D eigenvalue weighted by molar-refractivity contribution is 6.58. The summed E-state index contributed by atoms with van der Waals surface area (Å²) in [5, 5.41) is 22.6. The van der Waals surface area contributed by atoms with Gasteiger partial charge in [-0.15, -0.1) is 0 Å². The summed E-state index contributed by atoms with van der Waals surface area (Å²) in [5.74, 6) is 0.452. The standard InChI is InChI=1S/C14H19BN4O3/c1-8-10-7-11(15(21)22)13(20)19(9-5-3-4-6-9)12(10)18-14(16-2)17-8/h7,9,21-22H,3-6H2,1-2H3,(H,16,17,18). The van der Waals surface area contributed by atoms with Crippen molar-refractivity contribution in [2.24, 2.45) is 0 Å². The van der Waals surface area contributed by atoms with E-state index in [4.69, 9.17) is 0 Å². The maximum atomic E-state index is 12.7. The van der Waals surface area contributed by atoms with Gasteiger partial charge >= 0.3 is 7.12 Å². The zero-order chi connectivity index (χ0) is 15.9. The van der Waals surface area contributed by atoms with Gasteiger partial charge in [0.25, 0.3) is 5.56 Å². The number of nitrogens with one attached hydrogen (secondary N) is 1. The summed E-state index contributed by atoms with van der Waals surface area (Å²) < 4.78 is 1.62. The third kappa shape index (κ3) is 2.38. The van der Waals surface area contributed by atoms with Crippen LogP contribution in [0.4, 0.5) is 5.95 Å². The summed E-state index contributed by atoms with van der Waals surface area (Å²) in [4.78, 5) is 21.4. The van der Waals surface area contributed by atoms with Crippen LogP contribution in [-0.2, 0) is 0 Å². The van der Waals surface area contributed by atoms with Gasteiger partial charge in [0.15, 0.2) is 0 Å². The number of aromatic nitrogens is 3. The summed E-state index contributed by atoms with van der Waals surface area (Å²) in [5.41, 5.74) is 0.846. The molecule has 116 valence electrons. The van der Waals surface area contributed by atoms with Gasteiger partial charge in [-0.05, 0) is 25.8 Å². The maximum absolute atomic E-state index is 12.7. The highest BCUT2D eigenvalue weighted by atomic mass is 16.4. The zero-order valence-corrected chi connectivity index (χ0v) is 12.7. The fourth-order valence-electron chi connectivity index (χ4n) is 3.17. The Kier molecular flexibility index (Phi) is 3.88. The number of fused-ring (bicyclic) bond motifs is 1. The van der Waals surface area contributed by atoms with Crippen molar-refractivity contribution in [1.29, 1.82) is 0 Å². The molecule has 0 spiro atoms. The number of rotatable bonds is 3. The average Bonchev–Trinajstić information content (AvgIpc) is 2.99. The molecule has 8 heteroatoms. The summed E-state index contributed by atoms with van der Waals surface area (Å²) in [6, 6.07) is 1.54. The second-order valence-electron chi connectivity index (χ2n) is 5.71. The third-order valence-electron chi connectivity index (χ3n) is 4.30. The first-order valence-corrected chi connectivity index (χ1v) is 7.50. The normalized spacial score (nSPS) is 15.5. The molecular weight excluding hydrogens is 283 g/mol. The SMILES string of the molecule is CNc1nc(C)c2cc(B(O)O)c(=O)n(C3CCCC3)c2n1. The van der Waals surface area contributed by atoms with E-state index in [-0.39, 0.29) is 17.1 Å². The number of nitrogens with zero attached hydrogens (tertiary/aromatic N) is 3. The van der Waals surface area contributed by atoms with Crippen LogP contribution in [0.25, 0.3) is 11.0 Å². The fourth-order valence-corrected chi connectivity index (χ4v) is 3.17. The largest absolute Gasteiger partial charge is 0.494 e. The Balaban J connectivity index is 2.38. The molecule has 0 aromatic carbocycles. The number of aryl methyl sites for hydroxylation is 1. The van der Waals surface area contributed by atoms with E-state index < -0.39 is 7.12 Å². The van der Waals surface area contributed by atoms with Crippen LogP contribution in [0.1, 0.15) is 37.4 Å². The predicted molar refractivity (Wildman–Crippen MR) is 85.4 cm³/mol. The molecule has 2 heterocycles. The first-order valence-electron chi connectivity index (χ1n) is 7.50. The smallest absolute Gasteiger partial charge is 0.423 e. The van der Waals surface area contributed by atoms with Gasteiger partial charge in [-0.3, -0.25) is 9.36 Å². The van der Waals surface area contributed by atoms with E-state index in [0.29, 0.717) is 22.7 Å². The minimum absolute atomic E-state index is 0.0247. The molecule has 1 aliphatic carbocycles. The summed E-state index contributed by atoms with van der Waals surface area (Å²) >= 11 is 0. The Morgan fingerprint density at radius 2 is 2.00 bits per heavy atom. The van der Waals surface area contributed by atoms with Crippen LogP contribution in [0.5, 0.6) is 0 Å². The molecular formula is C14H19BN4O3. The second kappa shape index (κ2) is 5.70. The van der Waals surface area contributed by atoms with Gasteiger partial charge < -0.3 is 15.4 Å². The quantitative estimate of drug-likeness (QED) is 0.687. The van der Waals surface area contributed by atoms with Gasteiger partial charge in [0.1, 0.15) is 5.65 Å². The van der Waals surface area contributed by atoms with Crippen molar-refractivity contribution in [3.05, 3.63) is 22.1 Å². The molecule has 3 N–H and O–H groups in total. The van der Waals surface area contributed by atoms with Crippen LogP contribution < -0.4 is 16.3 Å². The van der Waals surface area contributed by atoms with Crippen molar-refractivity contribution >= 4 is 29.6 Å². The lowest BCUT2D eigenvalue weighted by atomic mass is 9.80. The average molecular weight is 302 g/mol. The van der Waals surface area contributed by atoms with Crippen molar-refractivity contribution < 1.29 is 10.0 Å². The van der Waals surface area contributed by atoms with Crippen LogP contribution in [0.2, 0.25) is 0 Å². The molecule has 0 amide bonds. The Morgan fingerprint density at radius 1 is 1.32 bits per heavy atom. The van der Waals surface area contributed by atoms with Gasteiger partial charge in [0.05, 0.1) is 5.69 Å². The number of pyridine rings is 1. The van der Waals surface area contributed by atoms with E-state index in [9.17, 15) is 14.8 Å². The molecule has 0 atom stereocenters. The van der Waals surface area contributed by atoms with E-state index in [0.717, 1.165) is 25.7 Å². The van der Waals surface area contributed by atoms with Crippen molar-refractivity contribution in [3.63, 3.8) is 0 Å². The topological polar surface area (TPSA) is 100 Å². The molecule has 7 nitrogen and oxygen atoms in total. The lowest BCUT2D eigenvalue weighted by Gasteiger charge is -2.19. The Morgan fingerprint density at radius 3 is 2.59 bits per heavy atom. The van der Waals surface area contributed by atoms with E-state index in [1.807, 2.05) is 6.92 Å². The number of hydrogen-bond donors (Lipinski definition) is 3. The van der Waals surface area contributed by atoms with E-state index in [1.54, 1.807) is 11.6 Å². The molecule has 3 rings (SSSR count). The van der Waals surface area contributed by atoms with Crippen molar-refractivity contribution in [2.75, 3.05) is 12.4 Å². The molecule has 0 unspecified atom stereocenters. The summed E-state index contributed by atoms with van der Waals surface area (Å²) in [6.07, 6.45) is 3.93. The lowest BCUT2D eigenvalue weighted by molar-refractivity contribution is 0.424. The Labute approximate surface area is 128 Å². The molecule has 1 fully saturated rings. The molecule has 2 aromatic rings. The lowest BCUT2D eigenvalue weighted by Crippen LogP contribution is -2.46. The van der Waals surface area contributed by atoms with E-state index in [2.05, 4.69) is 15.3 Å². The zero-order valence-electron chi connectivity index (χ0n) is 12.7. The molecule has 22 heavy (non-hydrogen) atoms. The number of hydrogen-bond acceptors (Lipinski definition) is 6. The predicted octanol–water partition coefficient (Wildman–Crippen LogP) is -0.0635. The van der Waals surface area contributed by atoms with Gasteiger partial charge in [0, 0.05) is 23.9 Å². The van der Waals surface area contributed by atoms with E-state index in [1.165, 1.54) is 6.07 Å².